The van der Waals surface area contributed by atoms with Crippen LogP contribution in [0.2, 0.25) is 0 Å². The van der Waals surface area contributed by atoms with Gasteiger partial charge >= 0.3 is 0 Å². The Morgan fingerprint density at radius 3 is 2.30 bits per heavy atom. The number of nitrogens with one attached hydrogen (secondary N) is 1. The second-order valence-electron chi connectivity index (χ2n) is 7.10. The van der Waals surface area contributed by atoms with E-state index in [2.05, 4.69) is 5.32 Å². The molecule has 1 aromatic rings. The van der Waals surface area contributed by atoms with Crippen molar-refractivity contribution >= 4 is 23.2 Å². The number of halogens is 2. The number of benzene rings is 1. The van der Waals surface area contributed by atoms with Gasteiger partial charge in [-0.3, -0.25) is 14.4 Å². The lowest BCUT2D eigenvalue weighted by Crippen LogP contribution is -2.47. The van der Waals surface area contributed by atoms with Crippen molar-refractivity contribution in [2.75, 3.05) is 5.32 Å². The zero-order valence-corrected chi connectivity index (χ0v) is 13.1. The van der Waals surface area contributed by atoms with E-state index in [9.17, 15) is 23.2 Å². The summed E-state index contributed by atoms with van der Waals surface area (Å²) in [6.07, 6.45) is 0.646. The summed E-state index contributed by atoms with van der Waals surface area (Å²) in [5, 5.41) is 2.31. The van der Waals surface area contributed by atoms with Crippen LogP contribution in [0.3, 0.4) is 0 Å². The Morgan fingerprint density at radius 2 is 1.74 bits per heavy atom. The molecule has 2 fully saturated rings. The van der Waals surface area contributed by atoms with E-state index in [0.29, 0.717) is 6.42 Å². The minimum atomic E-state index is -1.53. The summed E-state index contributed by atoms with van der Waals surface area (Å²) in [7, 11) is 0. The number of ketones is 2. The average Bonchev–Trinajstić information content (AvgIpc) is 2.75. The monoisotopic (exact) mass is 321 g/mol. The molecule has 122 valence electrons. The molecule has 0 saturated heterocycles. The van der Waals surface area contributed by atoms with Crippen molar-refractivity contribution in [1.82, 2.24) is 0 Å². The maximum atomic E-state index is 13.8. The molecule has 0 aromatic heterocycles. The van der Waals surface area contributed by atoms with E-state index in [-0.39, 0.29) is 12.1 Å². The number of hydrogen-bond acceptors (Lipinski definition) is 3. The van der Waals surface area contributed by atoms with Crippen molar-refractivity contribution < 1.29 is 23.2 Å². The highest BCUT2D eigenvalue weighted by Gasteiger charge is 2.77. The van der Waals surface area contributed by atoms with Gasteiger partial charge in [-0.25, -0.2) is 8.78 Å². The van der Waals surface area contributed by atoms with Crippen LogP contribution < -0.4 is 5.32 Å². The summed E-state index contributed by atoms with van der Waals surface area (Å²) in [5.41, 5.74) is -3.65. The first-order valence-electron chi connectivity index (χ1n) is 7.44. The van der Waals surface area contributed by atoms with Crippen molar-refractivity contribution in [3.8, 4) is 0 Å². The average molecular weight is 321 g/mol. The van der Waals surface area contributed by atoms with Crippen molar-refractivity contribution in [2.45, 2.75) is 33.6 Å². The predicted octanol–water partition coefficient (Wildman–Crippen LogP) is 2.87. The van der Waals surface area contributed by atoms with Gasteiger partial charge in [-0.15, -0.1) is 0 Å². The third-order valence-corrected chi connectivity index (χ3v) is 6.11. The maximum Gasteiger partial charge on any atom is 0.239 e. The topological polar surface area (TPSA) is 63.2 Å². The first-order valence-corrected chi connectivity index (χ1v) is 7.44. The predicted molar refractivity (Wildman–Crippen MR) is 78.6 cm³/mol. The molecule has 0 unspecified atom stereocenters. The SMILES string of the molecule is CC1(C)[C@@]2(C(=O)Nc3cc(F)ccc3F)CC[C@]1(C)C(=O)C2=O. The molecule has 2 aliphatic rings. The van der Waals surface area contributed by atoms with Gasteiger partial charge in [0, 0.05) is 11.5 Å². The minimum Gasteiger partial charge on any atom is -0.323 e. The zero-order chi connectivity index (χ0) is 17.2. The fourth-order valence-electron chi connectivity index (χ4n) is 4.10. The highest BCUT2D eigenvalue weighted by atomic mass is 19.1. The van der Waals surface area contributed by atoms with Gasteiger partial charge in [0.05, 0.1) is 5.69 Å². The number of amides is 1. The van der Waals surface area contributed by atoms with E-state index in [0.717, 1.165) is 18.2 Å². The van der Waals surface area contributed by atoms with Crippen LogP contribution in [-0.2, 0) is 14.4 Å². The van der Waals surface area contributed by atoms with Crippen LogP contribution in [0.1, 0.15) is 33.6 Å². The number of carbonyl (C=O) groups excluding carboxylic acids is 3. The Balaban J connectivity index is 2.04. The van der Waals surface area contributed by atoms with Gasteiger partial charge in [-0.05, 0) is 30.4 Å². The van der Waals surface area contributed by atoms with E-state index < -0.39 is 45.4 Å². The largest absolute Gasteiger partial charge is 0.323 e. The second kappa shape index (κ2) is 4.46. The van der Waals surface area contributed by atoms with Crippen molar-refractivity contribution in [3.63, 3.8) is 0 Å². The van der Waals surface area contributed by atoms with E-state index >= 15 is 0 Å². The fraction of sp³-hybridized carbons (Fsp3) is 0.471. The van der Waals surface area contributed by atoms with Crippen LogP contribution in [0.4, 0.5) is 14.5 Å². The van der Waals surface area contributed by atoms with Crippen LogP contribution >= 0.6 is 0 Å². The van der Waals surface area contributed by atoms with Crippen molar-refractivity contribution in [2.24, 2.45) is 16.2 Å². The quantitative estimate of drug-likeness (QED) is 0.673. The molecular formula is C17H17F2NO3. The van der Waals surface area contributed by atoms with Crippen LogP contribution in [0.15, 0.2) is 18.2 Å². The van der Waals surface area contributed by atoms with E-state index in [1.807, 2.05) is 0 Å². The molecular weight excluding hydrogens is 304 g/mol. The molecule has 6 heteroatoms. The van der Waals surface area contributed by atoms with Gasteiger partial charge in [-0.1, -0.05) is 20.8 Å². The molecule has 3 rings (SSSR count). The minimum absolute atomic E-state index is 0.226. The van der Waals surface area contributed by atoms with Crippen molar-refractivity contribution in [1.29, 1.82) is 0 Å². The molecule has 4 nitrogen and oxygen atoms in total. The second-order valence-corrected chi connectivity index (χ2v) is 7.10. The van der Waals surface area contributed by atoms with Crippen molar-refractivity contribution in [3.05, 3.63) is 29.8 Å². The first-order chi connectivity index (χ1) is 10.6. The van der Waals surface area contributed by atoms with Crippen LogP contribution in [0.25, 0.3) is 0 Å². The van der Waals surface area contributed by atoms with Crippen LogP contribution in [0, 0.1) is 27.9 Å². The molecule has 2 bridgehead atoms. The molecule has 2 aliphatic carbocycles. The van der Waals surface area contributed by atoms with Gasteiger partial charge in [0.2, 0.25) is 17.5 Å². The summed E-state index contributed by atoms with van der Waals surface area (Å²) in [6.45, 7) is 5.12. The van der Waals surface area contributed by atoms with Gasteiger partial charge < -0.3 is 5.32 Å². The molecule has 2 saturated carbocycles. The van der Waals surface area contributed by atoms with Crippen LogP contribution in [-0.4, -0.2) is 17.5 Å². The lowest BCUT2D eigenvalue weighted by Gasteiger charge is -2.37. The molecule has 1 N–H and O–H groups in total. The highest BCUT2D eigenvalue weighted by Crippen LogP contribution is 2.69. The number of anilines is 1. The van der Waals surface area contributed by atoms with Gasteiger partial charge in [-0.2, -0.15) is 0 Å². The molecule has 1 amide bonds. The standard InChI is InChI=1S/C17H17F2NO3/c1-15(2)16(3)6-7-17(15,13(22)12(16)21)14(23)20-11-8-9(18)4-5-10(11)19/h4-5,8H,6-7H2,1-3H3,(H,20,23)/t16-,17+/m1/s1. The normalized spacial score (nSPS) is 31.5. The number of carbonyl (C=O) groups is 3. The Kier molecular flexibility index (Phi) is 3.06. The summed E-state index contributed by atoms with van der Waals surface area (Å²) in [5.74, 6) is -3.53. The van der Waals surface area contributed by atoms with E-state index in [4.69, 9.17) is 0 Å². The highest BCUT2D eigenvalue weighted by molar-refractivity contribution is 6.49. The number of Topliss-reactive ketones (excluding diaryl/α,β-unsaturated/α-hetero) is 2. The Labute approximate surface area is 132 Å². The lowest BCUT2D eigenvalue weighted by molar-refractivity contribution is -0.147. The van der Waals surface area contributed by atoms with Crippen LogP contribution in [0.5, 0.6) is 0 Å². The Hall–Kier alpha value is -2.11. The zero-order valence-electron chi connectivity index (χ0n) is 13.1. The fourth-order valence-corrected chi connectivity index (χ4v) is 4.10. The lowest BCUT2D eigenvalue weighted by atomic mass is 9.64. The molecule has 2 atom stereocenters. The smallest absolute Gasteiger partial charge is 0.239 e. The first kappa shape index (κ1) is 15.8. The number of hydrogen-bond donors (Lipinski definition) is 1. The molecule has 23 heavy (non-hydrogen) atoms. The molecule has 0 aliphatic heterocycles. The summed E-state index contributed by atoms with van der Waals surface area (Å²) in [6, 6.07) is 2.69. The van der Waals surface area contributed by atoms with Gasteiger partial charge in [0.25, 0.3) is 0 Å². The summed E-state index contributed by atoms with van der Waals surface area (Å²) in [4.78, 5) is 37.6. The molecule has 1 aromatic carbocycles. The summed E-state index contributed by atoms with van der Waals surface area (Å²) >= 11 is 0. The van der Waals surface area contributed by atoms with Gasteiger partial charge in [0.1, 0.15) is 17.0 Å². The third kappa shape index (κ3) is 1.66. The number of fused-ring (bicyclic) bond motifs is 2. The van der Waals surface area contributed by atoms with E-state index in [1.165, 1.54) is 0 Å². The van der Waals surface area contributed by atoms with Gasteiger partial charge in [0.15, 0.2) is 0 Å². The van der Waals surface area contributed by atoms with E-state index in [1.54, 1.807) is 20.8 Å². The molecule has 0 spiro atoms. The third-order valence-electron chi connectivity index (χ3n) is 6.11. The summed E-state index contributed by atoms with van der Waals surface area (Å²) < 4.78 is 27.0. The molecule has 0 heterocycles. The Bertz CT molecular complexity index is 758. The number of rotatable bonds is 2. The Morgan fingerprint density at radius 1 is 1.09 bits per heavy atom. The maximum absolute atomic E-state index is 13.8. The molecule has 0 radical (unpaired) electrons.